The quantitative estimate of drug-likeness (QED) is 0.747. The van der Waals surface area contributed by atoms with E-state index >= 15 is 0 Å². The number of carbonyl (C=O) groups is 1. The van der Waals surface area contributed by atoms with Gasteiger partial charge in [-0.25, -0.2) is 9.18 Å². The zero-order valence-corrected chi connectivity index (χ0v) is 11.1. The van der Waals surface area contributed by atoms with Crippen molar-refractivity contribution in [3.63, 3.8) is 0 Å². The first-order valence-electron chi connectivity index (χ1n) is 6.02. The van der Waals surface area contributed by atoms with Crippen molar-refractivity contribution < 1.29 is 14.3 Å². The van der Waals surface area contributed by atoms with E-state index in [1.54, 1.807) is 17.1 Å². The molecule has 1 heterocycles. The van der Waals surface area contributed by atoms with Crippen LogP contribution in [0.1, 0.15) is 30.2 Å². The fraction of sp³-hybridized carbons (Fsp3) is 0.231. The third-order valence-corrected chi connectivity index (χ3v) is 2.82. The number of nitrogens with zero attached hydrogens (tertiary/aromatic N) is 2. The first kappa shape index (κ1) is 13.9. The van der Waals surface area contributed by atoms with Crippen LogP contribution in [0.4, 0.5) is 21.5 Å². The van der Waals surface area contributed by atoms with Crippen LogP contribution in [-0.2, 0) is 0 Å². The molecule has 0 unspecified atom stereocenters. The average Bonchev–Trinajstić information content (AvgIpc) is 2.82. The number of benzene rings is 1. The van der Waals surface area contributed by atoms with Crippen molar-refractivity contribution >= 4 is 23.0 Å². The van der Waals surface area contributed by atoms with E-state index in [4.69, 9.17) is 10.8 Å². The lowest BCUT2D eigenvalue weighted by Gasteiger charge is -2.10. The summed E-state index contributed by atoms with van der Waals surface area (Å²) in [4.78, 5) is 11.2. The highest BCUT2D eigenvalue weighted by atomic mass is 19.1. The Kier molecular flexibility index (Phi) is 3.60. The molecule has 6 nitrogen and oxygen atoms in total. The Morgan fingerprint density at radius 3 is 2.75 bits per heavy atom. The summed E-state index contributed by atoms with van der Waals surface area (Å²) < 4.78 is 15.1. The highest BCUT2D eigenvalue weighted by molar-refractivity contribution is 6.00. The lowest BCUT2D eigenvalue weighted by Crippen LogP contribution is -2.08. The molecule has 4 N–H and O–H groups in total. The summed E-state index contributed by atoms with van der Waals surface area (Å²) in [6.07, 6.45) is 3.29. The van der Waals surface area contributed by atoms with Gasteiger partial charge in [0.1, 0.15) is 11.4 Å². The van der Waals surface area contributed by atoms with Crippen LogP contribution >= 0.6 is 0 Å². The average molecular weight is 278 g/mol. The molecule has 0 radical (unpaired) electrons. The molecule has 1 aromatic heterocycles. The van der Waals surface area contributed by atoms with Crippen LogP contribution in [0.15, 0.2) is 24.5 Å². The molecule has 106 valence electrons. The van der Waals surface area contributed by atoms with Crippen molar-refractivity contribution in [3.8, 4) is 0 Å². The van der Waals surface area contributed by atoms with Crippen LogP contribution in [0, 0.1) is 5.82 Å². The lowest BCUT2D eigenvalue weighted by molar-refractivity contribution is 0.0698. The van der Waals surface area contributed by atoms with Crippen molar-refractivity contribution in [2.75, 3.05) is 11.1 Å². The summed E-state index contributed by atoms with van der Waals surface area (Å²) in [6.45, 7) is 3.94. The van der Waals surface area contributed by atoms with Gasteiger partial charge < -0.3 is 16.2 Å². The van der Waals surface area contributed by atoms with Gasteiger partial charge in [0.25, 0.3) is 0 Å². The first-order valence-corrected chi connectivity index (χ1v) is 6.02. The monoisotopic (exact) mass is 278 g/mol. The molecule has 7 heteroatoms. The van der Waals surface area contributed by atoms with Crippen molar-refractivity contribution in [1.82, 2.24) is 9.78 Å². The Morgan fingerprint density at radius 1 is 1.50 bits per heavy atom. The van der Waals surface area contributed by atoms with Crippen LogP contribution in [-0.4, -0.2) is 20.9 Å². The topological polar surface area (TPSA) is 93.2 Å². The molecule has 0 saturated carbocycles. The van der Waals surface area contributed by atoms with Gasteiger partial charge in [-0.3, -0.25) is 4.68 Å². The van der Waals surface area contributed by atoms with Gasteiger partial charge in [0, 0.05) is 12.2 Å². The van der Waals surface area contributed by atoms with Crippen molar-refractivity contribution in [2.45, 2.75) is 19.9 Å². The number of carboxylic acid groups (broad SMARTS) is 1. The Morgan fingerprint density at radius 2 is 2.20 bits per heavy atom. The molecule has 2 rings (SSSR count). The molecule has 0 aliphatic rings. The molecule has 0 fully saturated rings. The summed E-state index contributed by atoms with van der Waals surface area (Å²) in [6, 6.07) is 2.64. The minimum absolute atomic E-state index is 0.183. The van der Waals surface area contributed by atoms with Gasteiger partial charge in [-0.05, 0) is 26.0 Å². The van der Waals surface area contributed by atoms with Crippen LogP contribution in [0.3, 0.4) is 0 Å². The standard InChI is InChI=1S/C13H15FN4O2/c1-7(2)18-6-8(5-16-18)17-10-4-3-9(14)12(15)11(10)13(19)20/h3-7,17H,15H2,1-2H3,(H,19,20). The maximum atomic E-state index is 13.3. The van der Waals surface area contributed by atoms with Crippen LogP contribution in [0.5, 0.6) is 0 Å². The molecule has 1 aromatic carbocycles. The fourth-order valence-electron chi connectivity index (χ4n) is 1.77. The Hall–Kier alpha value is -2.57. The Balaban J connectivity index is 2.38. The highest BCUT2D eigenvalue weighted by Gasteiger charge is 2.18. The number of carboxylic acids is 1. The molecule has 0 amide bonds. The number of halogens is 1. The van der Waals surface area contributed by atoms with E-state index < -0.39 is 17.5 Å². The van der Waals surface area contributed by atoms with E-state index in [0.717, 1.165) is 6.07 Å². The molecule has 0 atom stereocenters. The molecule has 0 aliphatic carbocycles. The van der Waals surface area contributed by atoms with Gasteiger partial charge in [0.05, 0.1) is 23.3 Å². The largest absolute Gasteiger partial charge is 0.478 e. The summed E-state index contributed by atoms with van der Waals surface area (Å²) in [5.74, 6) is -2.05. The van der Waals surface area contributed by atoms with E-state index in [1.165, 1.54) is 6.07 Å². The van der Waals surface area contributed by atoms with Crippen LogP contribution in [0.2, 0.25) is 0 Å². The van der Waals surface area contributed by atoms with E-state index in [0.29, 0.717) is 5.69 Å². The number of nitrogens with two attached hydrogens (primary N) is 1. The summed E-state index contributed by atoms with van der Waals surface area (Å²) in [7, 11) is 0. The smallest absolute Gasteiger partial charge is 0.340 e. The minimum atomic E-state index is -1.29. The van der Waals surface area contributed by atoms with E-state index in [2.05, 4.69) is 10.4 Å². The number of hydrogen-bond donors (Lipinski definition) is 3. The van der Waals surface area contributed by atoms with Crippen molar-refractivity contribution in [3.05, 3.63) is 35.9 Å². The predicted octanol–water partition coefficient (Wildman–Crippen LogP) is 2.63. The second-order valence-electron chi connectivity index (χ2n) is 4.62. The zero-order valence-electron chi connectivity index (χ0n) is 11.1. The number of aromatic nitrogens is 2. The van der Waals surface area contributed by atoms with E-state index in [9.17, 15) is 9.18 Å². The van der Waals surface area contributed by atoms with Crippen LogP contribution in [0.25, 0.3) is 0 Å². The van der Waals surface area contributed by atoms with Gasteiger partial charge >= 0.3 is 5.97 Å². The van der Waals surface area contributed by atoms with Gasteiger partial charge in [0.2, 0.25) is 0 Å². The second-order valence-corrected chi connectivity index (χ2v) is 4.62. The third-order valence-electron chi connectivity index (χ3n) is 2.82. The molecule has 2 aromatic rings. The Bertz CT molecular complexity index is 652. The number of hydrogen-bond acceptors (Lipinski definition) is 4. The lowest BCUT2D eigenvalue weighted by atomic mass is 10.1. The van der Waals surface area contributed by atoms with Crippen LogP contribution < -0.4 is 11.1 Å². The second kappa shape index (κ2) is 5.20. The minimum Gasteiger partial charge on any atom is -0.478 e. The fourth-order valence-corrected chi connectivity index (χ4v) is 1.77. The maximum Gasteiger partial charge on any atom is 0.340 e. The van der Waals surface area contributed by atoms with Gasteiger partial charge in [-0.15, -0.1) is 0 Å². The van der Waals surface area contributed by atoms with Gasteiger partial charge in [-0.1, -0.05) is 0 Å². The number of nitrogen functional groups attached to an aromatic ring is 1. The molecular formula is C13H15FN4O2. The highest BCUT2D eigenvalue weighted by Crippen LogP contribution is 2.28. The predicted molar refractivity (Wildman–Crippen MR) is 73.7 cm³/mol. The van der Waals surface area contributed by atoms with E-state index in [1.807, 2.05) is 13.8 Å². The normalized spacial score (nSPS) is 10.8. The van der Waals surface area contributed by atoms with E-state index in [-0.39, 0.29) is 17.3 Å². The molecule has 0 aliphatic heterocycles. The molecule has 0 spiro atoms. The van der Waals surface area contributed by atoms with Gasteiger partial charge in [-0.2, -0.15) is 5.10 Å². The van der Waals surface area contributed by atoms with Crippen molar-refractivity contribution in [1.29, 1.82) is 0 Å². The number of nitrogens with one attached hydrogen (secondary N) is 1. The third kappa shape index (κ3) is 2.56. The maximum absolute atomic E-state index is 13.3. The SMILES string of the molecule is CC(C)n1cc(Nc2ccc(F)c(N)c2C(=O)O)cn1. The summed E-state index contributed by atoms with van der Waals surface area (Å²) in [5.41, 5.74) is 5.62. The number of anilines is 3. The molecular weight excluding hydrogens is 263 g/mol. The first-order chi connectivity index (χ1) is 9.40. The Labute approximate surface area is 115 Å². The zero-order chi connectivity index (χ0) is 14.9. The molecule has 0 bridgehead atoms. The summed E-state index contributed by atoms with van der Waals surface area (Å²) in [5, 5.41) is 16.1. The van der Waals surface area contributed by atoms with Crippen molar-refractivity contribution in [2.24, 2.45) is 0 Å². The molecule has 20 heavy (non-hydrogen) atoms. The number of aromatic carboxylic acids is 1. The summed E-state index contributed by atoms with van der Waals surface area (Å²) >= 11 is 0. The number of rotatable bonds is 4. The molecule has 0 saturated heterocycles. The van der Waals surface area contributed by atoms with Gasteiger partial charge in [0.15, 0.2) is 0 Å².